The molecule has 0 aliphatic rings. The van der Waals surface area contributed by atoms with Crippen LogP contribution in [0.5, 0.6) is 0 Å². The minimum Gasteiger partial charge on any atom is -0.376 e. The second-order valence-electron chi connectivity index (χ2n) is 7.27. The monoisotopic (exact) mass is 434 g/mol. The molecule has 0 saturated heterocycles. The summed E-state index contributed by atoms with van der Waals surface area (Å²) >= 11 is 0. The molecule has 0 fully saturated rings. The molecule has 0 spiro atoms. The largest absolute Gasteiger partial charge is 0.390 e. The van der Waals surface area contributed by atoms with E-state index in [-0.39, 0.29) is 11.6 Å². The van der Waals surface area contributed by atoms with Crippen molar-refractivity contribution in [2.24, 2.45) is 0 Å². The van der Waals surface area contributed by atoms with Crippen LogP contribution in [0.25, 0.3) is 5.65 Å². The number of nitrogens with one attached hydrogen (secondary N) is 1. The summed E-state index contributed by atoms with van der Waals surface area (Å²) in [6.07, 6.45) is -3.79. The van der Waals surface area contributed by atoms with Crippen LogP contribution in [0.15, 0.2) is 48.5 Å². The lowest BCUT2D eigenvalue weighted by Gasteiger charge is -2.17. The SMILES string of the molecule is CCCC(COCc1ccccc1)c1nnc2cccc(C(=O)NCCC(F)(F)F)n12. The molecule has 2 heterocycles. The quantitative estimate of drug-likeness (QED) is 0.510. The van der Waals surface area contributed by atoms with Crippen LogP contribution in [-0.2, 0) is 11.3 Å². The van der Waals surface area contributed by atoms with Gasteiger partial charge in [0.25, 0.3) is 5.91 Å². The van der Waals surface area contributed by atoms with Crippen molar-refractivity contribution in [1.29, 1.82) is 0 Å². The molecule has 3 aromatic rings. The zero-order chi connectivity index (χ0) is 22.3. The van der Waals surface area contributed by atoms with Gasteiger partial charge >= 0.3 is 6.18 Å². The number of alkyl halides is 3. The zero-order valence-corrected chi connectivity index (χ0v) is 17.2. The fourth-order valence-corrected chi connectivity index (χ4v) is 3.34. The van der Waals surface area contributed by atoms with E-state index < -0.39 is 25.0 Å². The number of carbonyl (C=O) groups excluding carboxylic acids is 1. The maximum atomic E-state index is 12.6. The molecule has 1 unspecified atom stereocenters. The van der Waals surface area contributed by atoms with Gasteiger partial charge in [0, 0.05) is 12.5 Å². The van der Waals surface area contributed by atoms with Gasteiger partial charge < -0.3 is 10.1 Å². The van der Waals surface area contributed by atoms with Gasteiger partial charge in [0.15, 0.2) is 5.65 Å². The first-order chi connectivity index (χ1) is 14.9. The summed E-state index contributed by atoms with van der Waals surface area (Å²) in [6, 6.07) is 14.7. The molecule has 2 aromatic heterocycles. The molecule has 9 heteroatoms. The van der Waals surface area contributed by atoms with Gasteiger partial charge in [-0.3, -0.25) is 9.20 Å². The number of nitrogens with zero attached hydrogens (tertiary/aromatic N) is 3. The molecule has 1 atom stereocenters. The van der Waals surface area contributed by atoms with Crippen LogP contribution in [0.4, 0.5) is 13.2 Å². The average molecular weight is 434 g/mol. The Morgan fingerprint density at radius 1 is 1.13 bits per heavy atom. The highest BCUT2D eigenvalue weighted by atomic mass is 19.4. The number of rotatable bonds is 10. The van der Waals surface area contributed by atoms with Crippen molar-refractivity contribution in [2.75, 3.05) is 13.2 Å². The van der Waals surface area contributed by atoms with Gasteiger partial charge in [0.2, 0.25) is 0 Å². The van der Waals surface area contributed by atoms with E-state index in [1.807, 2.05) is 37.3 Å². The van der Waals surface area contributed by atoms with Crippen molar-refractivity contribution in [2.45, 2.75) is 44.9 Å². The van der Waals surface area contributed by atoms with Crippen LogP contribution in [0.1, 0.15) is 54.0 Å². The van der Waals surface area contributed by atoms with Crippen LogP contribution in [0.3, 0.4) is 0 Å². The molecule has 3 rings (SSSR count). The van der Waals surface area contributed by atoms with Gasteiger partial charge in [0.1, 0.15) is 11.5 Å². The summed E-state index contributed by atoms with van der Waals surface area (Å²) in [5, 5.41) is 10.8. The Kier molecular flexibility index (Phi) is 7.62. The zero-order valence-electron chi connectivity index (χ0n) is 17.2. The van der Waals surface area contributed by atoms with Crippen molar-refractivity contribution in [3.8, 4) is 0 Å². The maximum absolute atomic E-state index is 12.6. The molecular formula is C22H25F3N4O2. The summed E-state index contributed by atoms with van der Waals surface area (Å²) in [7, 11) is 0. The molecule has 0 saturated carbocycles. The maximum Gasteiger partial charge on any atom is 0.390 e. The minimum atomic E-state index is -4.33. The van der Waals surface area contributed by atoms with E-state index in [0.29, 0.717) is 24.7 Å². The minimum absolute atomic E-state index is 0.118. The Labute approximate surface area is 178 Å². The standard InChI is InChI=1S/C22H25F3N4O2/c1-2-7-17(15-31-14-16-8-4-3-5-9-16)20-28-27-19-11-6-10-18(29(19)20)21(30)26-13-12-22(23,24)25/h3-6,8-11,17H,2,7,12-15H2,1H3,(H,26,30). The normalized spacial score (nSPS) is 12.8. The van der Waals surface area contributed by atoms with E-state index in [9.17, 15) is 18.0 Å². The lowest BCUT2D eigenvalue weighted by atomic mass is 10.0. The number of aromatic nitrogens is 3. The number of halogens is 3. The third-order valence-corrected chi connectivity index (χ3v) is 4.81. The van der Waals surface area contributed by atoms with Gasteiger partial charge in [-0.05, 0) is 24.1 Å². The third-order valence-electron chi connectivity index (χ3n) is 4.81. The molecule has 31 heavy (non-hydrogen) atoms. The van der Waals surface area contributed by atoms with Crippen molar-refractivity contribution >= 4 is 11.6 Å². The van der Waals surface area contributed by atoms with E-state index >= 15 is 0 Å². The highest BCUT2D eigenvalue weighted by molar-refractivity contribution is 5.93. The fourth-order valence-electron chi connectivity index (χ4n) is 3.34. The van der Waals surface area contributed by atoms with E-state index in [1.165, 1.54) is 0 Å². The Bertz CT molecular complexity index is 989. The van der Waals surface area contributed by atoms with E-state index in [2.05, 4.69) is 15.5 Å². The fraction of sp³-hybridized carbons (Fsp3) is 0.409. The number of amides is 1. The van der Waals surface area contributed by atoms with Gasteiger partial charge in [-0.2, -0.15) is 13.2 Å². The lowest BCUT2D eigenvalue weighted by Crippen LogP contribution is -2.29. The van der Waals surface area contributed by atoms with Crippen molar-refractivity contribution in [3.05, 3.63) is 65.6 Å². The summed E-state index contributed by atoms with van der Waals surface area (Å²) in [5.74, 6) is -0.157. The number of hydrogen-bond donors (Lipinski definition) is 1. The van der Waals surface area contributed by atoms with E-state index in [4.69, 9.17) is 4.74 Å². The van der Waals surface area contributed by atoms with Gasteiger partial charge in [-0.1, -0.05) is 49.7 Å². The van der Waals surface area contributed by atoms with E-state index in [1.54, 1.807) is 22.6 Å². The number of hydrogen-bond acceptors (Lipinski definition) is 4. The third kappa shape index (κ3) is 6.27. The van der Waals surface area contributed by atoms with Crippen molar-refractivity contribution in [1.82, 2.24) is 19.9 Å². The molecule has 1 amide bonds. The molecule has 1 N–H and O–H groups in total. The summed E-state index contributed by atoms with van der Waals surface area (Å²) in [5.41, 5.74) is 1.71. The summed E-state index contributed by atoms with van der Waals surface area (Å²) in [4.78, 5) is 12.6. The Balaban J connectivity index is 1.78. The molecule has 1 aromatic carbocycles. The second-order valence-corrected chi connectivity index (χ2v) is 7.27. The molecule has 0 aliphatic carbocycles. The average Bonchev–Trinajstić information content (AvgIpc) is 3.17. The first kappa shape index (κ1) is 22.7. The van der Waals surface area contributed by atoms with Gasteiger partial charge in [-0.15, -0.1) is 10.2 Å². The predicted molar refractivity (Wildman–Crippen MR) is 110 cm³/mol. The molecule has 166 valence electrons. The molecule has 0 radical (unpaired) electrons. The topological polar surface area (TPSA) is 68.5 Å². The highest BCUT2D eigenvalue weighted by Crippen LogP contribution is 2.23. The van der Waals surface area contributed by atoms with Crippen LogP contribution >= 0.6 is 0 Å². The Morgan fingerprint density at radius 2 is 1.90 bits per heavy atom. The second kappa shape index (κ2) is 10.4. The van der Waals surface area contributed by atoms with E-state index in [0.717, 1.165) is 18.4 Å². The number of benzene rings is 1. The van der Waals surface area contributed by atoms with Crippen molar-refractivity contribution in [3.63, 3.8) is 0 Å². The predicted octanol–water partition coefficient (Wildman–Crippen LogP) is 4.51. The molecule has 6 nitrogen and oxygen atoms in total. The molecular weight excluding hydrogens is 409 g/mol. The van der Waals surface area contributed by atoms with Gasteiger partial charge in [-0.25, -0.2) is 0 Å². The first-order valence-electron chi connectivity index (χ1n) is 10.2. The van der Waals surface area contributed by atoms with Crippen molar-refractivity contribution < 1.29 is 22.7 Å². The highest BCUT2D eigenvalue weighted by Gasteiger charge is 2.27. The molecule has 0 aliphatic heterocycles. The number of carbonyl (C=O) groups is 1. The van der Waals surface area contributed by atoms with Crippen LogP contribution < -0.4 is 5.32 Å². The van der Waals surface area contributed by atoms with Crippen LogP contribution in [0.2, 0.25) is 0 Å². The first-order valence-corrected chi connectivity index (χ1v) is 10.2. The summed E-state index contributed by atoms with van der Waals surface area (Å²) < 4.78 is 44.8. The Hall–Kier alpha value is -2.94. The number of fused-ring (bicyclic) bond motifs is 1. The number of ether oxygens (including phenoxy) is 1. The van der Waals surface area contributed by atoms with Gasteiger partial charge in [0.05, 0.1) is 19.6 Å². The number of pyridine rings is 1. The van der Waals surface area contributed by atoms with Crippen LogP contribution in [-0.4, -0.2) is 39.8 Å². The van der Waals surface area contributed by atoms with Crippen LogP contribution in [0, 0.1) is 0 Å². The Morgan fingerprint density at radius 3 is 2.61 bits per heavy atom. The smallest absolute Gasteiger partial charge is 0.376 e. The summed E-state index contributed by atoms with van der Waals surface area (Å²) in [6.45, 7) is 2.38. The lowest BCUT2D eigenvalue weighted by molar-refractivity contribution is -0.133. The molecule has 0 bridgehead atoms.